The molecule has 0 radical (unpaired) electrons. The molecular formula is C28H28N4O3. The van der Waals surface area contributed by atoms with E-state index in [2.05, 4.69) is 15.6 Å². The molecule has 1 heterocycles. The van der Waals surface area contributed by atoms with Gasteiger partial charge >= 0.3 is 0 Å². The lowest BCUT2D eigenvalue weighted by molar-refractivity contribution is -0.134. The number of aliphatic hydroxyl groups excluding tert-OH is 1. The molecule has 2 atom stereocenters. The highest BCUT2D eigenvalue weighted by atomic mass is 16.3. The number of carbonyl (C=O) groups excluding carboxylic acids is 2. The second-order valence-electron chi connectivity index (χ2n) is 8.42. The number of fused-ring (bicyclic) bond motifs is 1. The first-order chi connectivity index (χ1) is 17.0. The first-order valence-electron chi connectivity index (χ1n) is 11.5. The highest BCUT2D eigenvalue weighted by Gasteiger charge is 2.25. The predicted molar refractivity (Wildman–Crippen MR) is 136 cm³/mol. The summed E-state index contributed by atoms with van der Waals surface area (Å²) in [6.07, 6.45) is 0.752. The van der Waals surface area contributed by atoms with Gasteiger partial charge in [-0.15, -0.1) is 0 Å². The topological polar surface area (TPSA) is 117 Å². The minimum Gasteiger partial charge on any atom is -0.384 e. The molecular weight excluding hydrogens is 440 g/mol. The maximum Gasteiger partial charge on any atom is 0.249 e. The molecule has 1 aromatic heterocycles. The Morgan fingerprint density at radius 1 is 0.829 bits per heavy atom. The fourth-order valence-corrected chi connectivity index (χ4v) is 3.95. The third-order valence-corrected chi connectivity index (χ3v) is 5.83. The average Bonchev–Trinajstić information content (AvgIpc) is 2.88. The van der Waals surface area contributed by atoms with Crippen molar-refractivity contribution >= 4 is 28.4 Å². The number of pyridine rings is 1. The summed E-state index contributed by atoms with van der Waals surface area (Å²) in [5.74, 6) is -0.549. The zero-order valence-electron chi connectivity index (χ0n) is 19.2. The van der Waals surface area contributed by atoms with Gasteiger partial charge in [0.05, 0.1) is 0 Å². The third kappa shape index (κ3) is 6.43. The lowest BCUT2D eigenvalue weighted by Gasteiger charge is -2.21. The van der Waals surface area contributed by atoms with E-state index in [1.54, 1.807) is 18.3 Å². The zero-order chi connectivity index (χ0) is 24.6. The predicted octanol–water partition coefficient (Wildman–Crippen LogP) is 2.76. The number of aliphatic hydroxyl groups is 1. The maximum absolute atomic E-state index is 13.2. The average molecular weight is 469 g/mol. The Balaban J connectivity index is 1.51. The van der Waals surface area contributed by atoms with Crippen LogP contribution in [-0.2, 0) is 29.0 Å². The summed E-state index contributed by atoms with van der Waals surface area (Å²) in [5.41, 5.74) is 8.18. The number of nitrogens with zero attached hydrogens (tertiary/aromatic N) is 1. The highest BCUT2D eigenvalue weighted by molar-refractivity contribution is 5.91. The molecule has 0 spiro atoms. The molecule has 7 heteroatoms. The van der Waals surface area contributed by atoms with Crippen molar-refractivity contribution in [3.63, 3.8) is 0 Å². The molecule has 5 N–H and O–H groups in total. The van der Waals surface area contributed by atoms with Gasteiger partial charge in [-0.1, -0.05) is 78.9 Å². The Hall–Kier alpha value is -4.23. The maximum atomic E-state index is 13.2. The molecule has 0 aliphatic rings. The summed E-state index contributed by atoms with van der Waals surface area (Å²) < 4.78 is 0. The van der Waals surface area contributed by atoms with Gasteiger partial charge < -0.3 is 21.5 Å². The number of nitrogens with one attached hydrogen (secondary N) is 2. The smallest absolute Gasteiger partial charge is 0.249 e. The van der Waals surface area contributed by atoms with E-state index in [-0.39, 0.29) is 25.3 Å². The minimum absolute atomic E-state index is 0.159. The fourth-order valence-electron chi connectivity index (χ4n) is 3.95. The number of carbonyl (C=O) groups is 2. The molecule has 0 saturated carbocycles. The van der Waals surface area contributed by atoms with Crippen LogP contribution in [0, 0.1) is 0 Å². The quantitative estimate of drug-likeness (QED) is 0.301. The van der Waals surface area contributed by atoms with Crippen LogP contribution < -0.4 is 16.4 Å². The number of amides is 2. The molecule has 0 aliphatic carbocycles. The standard InChI is InChI=1S/C28H28N4O3/c29-26-14-13-20(17-30-26)18-31-27(34)24(16-22-11-6-10-21-9-4-5-12-23(21)22)32-28(35)25(33)15-19-7-2-1-3-8-19/h1-14,17,24-25,33H,15-16,18H2,(H2,29,30)(H,31,34)(H,32,35)/t24-,25-/m0/s1. The van der Waals surface area contributed by atoms with Crippen LogP contribution in [0.15, 0.2) is 91.1 Å². The van der Waals surface area contributed by atoms with E-state index in [4.69, 9.17) is 5.73 Å². The Labute approximate surface area is 204 Å². The van der Waals surface area contributed by atoms with Gasteiger partial charge in [0.15, 0.2) is 0 Å². The molecule has 0 saturated heterocycles. The van der Waals surface area contributed by atoms with Gasteiger partial charge in [0.25, 0.3) is 0 Å². The van der Waals surface area contributed by atoms with E-state index in [9.17, 15) is 14.7 Å². The van der Waals surface area contributed by atoms with Crippen LogP contribution in [-0.4, -0.2) is 34.1 Å². The van der Waals surface area contributed by atoms with Crippen LogP contribution in [0.25, 0.3) is 10.8 Å². The molecule has 0 fully saturated rings. The van der Waals surface area contributed by atoms with E-state index >= 15 is 0 Å². The van der Waals surface area contributed by atoms with Crippen LogP contribution in [0.3, 0.4) is 0 Å². The van der Waals surface area contributed by atoms with Crippen LogP contribution >= 0.6 is 0 Å². The largest absolute Gasteiger partial charge is 0.384 e. The van der Waals surface area contributed by atoms with Crippen molar-refractivity contribution < 1.29 is 14.7 Å². The Morgan fingerprint density at radius 2 is 1.57 bits per heavy atom. The Kier molecular flexibility index (Phi) is 7.70. The van der Waals surface area contributed by atoms with Crippen molar-refractivity contribution in [2.45, 2.75) is 31.5 Å². The summed E-state index contributed by atoms with van der Waals surface area (Å²) in [6.45, 7) is 0.237. The Bertz CT molecular complexity index is 1290. The molecule has 35 heavy (non-hydrogen) atoms. The zero-order valence-corrected chi connectivity index (χ0v) is 19.2. The second kappa shape index (κ2) is 11.3. The van der Waals surface area contributed by atoms with Crippen molar-refractivity contribution in [2.75, 3.05) is 5.73 Å². The van der Waals surface area contributed by atoms with E-state index in [0.717, 1.165) is 27.5 Å². The third-order valence-electron chi connectivity index (χ3n) is 5.83. The van der Waals surface area contributed by atoms with Gasteiger partial charge in [-0.25, -0.2) is 4.98 Å². The normalized spacial score (nSPS) is 12.6. The Morgan fingerprint density at radius 3 is 2.34 bits per heavy atom. The van der Waals surface area contributed by atoms with Crippen LogP contribution in [0.2, 0.25) is 0 Å². The summed E-state index contributed by atoms with van der Waals surface area (Å²) in [6, 6.07) is 25.6. The number of aromatic nitrogens is 1. The van der Waals surface area contributed by atoms with Gasteiger partial charge in [-0.3, -0.25) is 9.59 Å². The second-order valence-corrected chi connectivity index (χ2v) is 8.42. The number of nitrogen functional groups attached to an aromatic ring is 1. The first kappa shape index (κ1) is 23.9. The van der Waals surface area contributed by atoms with E-state index in [1.807, 2.05) is 72.8 Å². The molecule has 3 aromatic carbocycles. The number of hydrogen-bond acceptors (Lipinski definition) is 5. The van der Waals surface area contributed by atoms with E-state index in [1.165, 1.54) is 0 Å². The van der Waals surface area contributed by atoms with Crippen molar-refractivity contribution in [1.82, 2.24) is 15.6 Å². The molecule has 178 valence electrons. The summed E-state index contributed by atoms with van der Waals surface area (Å²) in [5, 5.41) is 18.2. The summed E-state index contributed by atoms with van der Waals surface area (Å²) in [7, 11) is 0. The van der Waals surface area contributed by atoms with Crippen molar-refractivity contribution in [1.29, 1.82) is 0 Å². The number of hydrogen-bond donors (Lipinski definition) is 4. The van der Waals surface area contributed by atoms with E-state index < -0.39 is 18.1 Å². The number of benzene rings is 3. The molecule has 7 nitrogen and oxygen atoms in total. The van der Waals surface area contributed by atoms with Gasteiger partial charge in [0.2, 0.25) is 11.8 Å². The van der Waals surface area contributed by atoms with Crippen molar-refractivity contribution in [2.24, 2.45) is 0 Å². The van der Waals surface area contributed by atoms with Crippen LogP contribution in [0.4, 0.5) is 5.82 Å². The molecule has 4 aromatic rings. The van der Waals surface area contributed by atoms with Crippen molar-refractivity contribution in [3.05, 3.63) is 108 Å². The number of rotatable bonds is 9. The van der Waals surface area contributed by atoms with Crippen molar-refractivity contribution in [3.8, 4) is 0 Å². The molecule has 4 rings (SSSR count). The van der Waals surface area contributed by atoms with Gasteiger partial charge in [0, 0.05) is 25.6 Å². The molecule has 2 amide bonds. The fraction of sp³-hybridized carbons (Fsp3) is 0.179. The number of nitrogens with two attached hydrogens (primary N) is 1. The lowest BCUT2D eigenvalue weighted by atomic mass is 9.98. The monoisotopic (exact) mass is 468 g/mol. The van der Waals surface area contributed by atoms with Crippen LogP contribution in [0.1, 0.15) is 16.7 Å². The highest BCUT2D eigenvalue weighted by Crippen LogP contribution is 2.20. The van der Waals surface area contributed by atoms with Gasteiger partial charge in [-0.2, -0.15) is 0 Å². The SMILES string of the molecule is Nc1ccc(CNC(=O)[C@H](Cc2cccc3ccccc23)NC(=O)[C@@H](O)Cc2ccccc2)cn1. The summed E-state index contributed by atoms with van der Waals surface area (Å²) >= 11 is 0. The lowest BCUT2D eigenvalue weighted by Crippen LogP contribution is -2.51. The minimum atomic E-state index is -1.28. The van der Waals surface area contributed by atoms with Gasteiger partial charge in [0.1, 0.15) is 18.0 Å². The van der Waals surface area contributed by atoms with E-state index in [0.29, 0.717) is 5.82 Å². The van der Waals surface area contributed by atoms with Crippen LogP contribution in [0.5, 0.6) is 0 Å². The number of anilines is 1. The molecule has 0 aliphatic heterocycles. The summed E-state index contributed by atoms with van der Waals surface area (Å²) in [4.78, 5) is 30.1. The van der Waals surface area contributed by atoms with Gasteiger partial charge in [-0.05, 0) is 33.5 Å². The molecule has 0 bridgehead atoms. The molecule has 0 unspecified atom stereocenters. The first-order valence-corrected chi connectivity index (χ1v) is 11.5.